The van der Waals surface area contributed by atoms with Gasteiger partial charge in [-0.2, -0.15) is 0 Å². The Morgan fingerprint density at radius 2 is 2.17 bits per heavy atom. The van der Waals surface area contributed by atoms with Gasteiger partial charge in [-0.3, -0.25) is 4.90 Å². The fourth-order valence-corrected chi connectivity index (χ4v) is 3.50. The second-order valence-electron chi connectivity index (χ2n) is 6.36. The van der Waals surface area contributed by atoms with Crippen molar-refractivity contribution in [2.24, 2.45) is 0 Å². The first kappa shape index (κ1) is 12.0. The Balaban J connectivity index is 1.62. The monoisotopic (exact) mass is 244 g/mol. The molecule has 2 heteroatoms. The quantitative estimate of drug-likeness (QED) is 0.876. The fraction of sp³-hybridized carbons (Fsp3) is 0.625. The molecule has 1 fully saturated rings. The molecule has 1 unspecified atom stereocenters. The van der Waals surface area contributed by atoms with Gasteiger partial charge in [0.05, 0.1) is 0 Å². The lowest BCUT2D eigenvalue weighted by atomic mass is 9.96. The summed E-state index contributed by atoms with van der Waals surface area (Å²) >= 11 is 0. The van der Waals surface area contributed by atoms with Gasteiger partial charge in [-0.25, -0.2) is 0 Å². The number of fused-ring (bicyclic) bond motifs is 1. The minimum Gasteiger partial charge on any atom is -0.384 e. The minimum atomic E-state index is 0.422. The van der Waals surface area contributed by atoms with Gasteiger partial charge in [0, 0.05) is 23.7 Å². The Morgan fingerprint density at radius 1 is 1.33 bits per heavy atom. The van der Waals surface area contributed by atoms with E-state index in [0.717, 1.165) is 6.54 Å². The molecule has 2 nitrogen and oxygen atoms in total. The fourth-order valence-electron chi connectivity index (χ4n) is 3.50. The summed E-state index contributed by atoms with van der Waals surface area (Å²) in [6.07, 6.45) is 4.01. The summed E-state index contributed by atoms with van der Waals surface area (Å²) in [5.41, 5.74) is 3.30. The van der Waals surface area contributed by atoms with Gasteiger partial charge in [0.15, 0.2) is 0 Å². The van der Waals surface area contributed by atoms with Gasteiger partial charge in [0.1, 0.15) is 0 Å². The first-order valence-corrected chi connectivity index (χ1v) is 7.25. The summed E-state index contributed by atoms with van der Waals surface area (Å²) in [5, 5.41) is 3.53. The van der Waals surface area contributed by atoms with E-state index in [4.69, 9.17) is 0 Å². The van der Waals surface area contributed by atoms with Crippen LogP contribution >= 0.6 is 0 Å². The Morgan fingerprint density at radius 3 is 2.94 bits per heavy atom. The van der Waals surface area contributed by atoms with E-state index < -0.39 is 0 Å². The lowest BCUT2D eigenvalue weighted by molar-refractivity contribution is 0.170. The zero-order chi connectivity index (χ0) is 12.6. The van der Waals surface area contributed by atoms with Crippen LogP contribution in [0.5, 0.6) is 0 Å². The van der Waals surface area contributed by atoms with Crippen molar-refractivity contribution in [1.82, 2.24) is 4.90 Å². The predicted octanol–water partition coefficient (Wildman–Crippen LogP) is 3.46. The zero-order valence-corrected chi connectivity index (χ0v) is 11.6. The van der Waals surface area contributed by atoms with Crippen LogP contribution in [0.3, 0.4) is 0 Å². The third-order valence-electron chi connectivity index (χ3n) is 4.76. The Labute approximate surface area is 110 Å². The van der Waals surface area contributed by atoms with Crippen molar-refractivity contribution in [2.45, 2.75) is 44.6 Å². The van der Waals surface area contributed by atoms with E-state index in [1.165, 1.54) is 43.6 Å². The van der Waals surface area contributed by atoms with Crippen molar-refractivity contribution < 1.29 is 0 Å². The summed E-state index contributed by atoms with van der Waals surface area (Å²) in [6.45, 7) is 8.43. The van der Waals surface area contributed by atoms with Crippen LogP contribution in [-0.2, 0) is 0 Å². The molecule has 0 aliphatic carbocycles. The normalized spacial score (nSPS) is 26.0. The number of hydrogen-bond donors (Lipinski definition) is 1. The van der Waals surface area contributed by atoms with Crippen LogP contribution in [0.2, 0.25) is 0 Å². The average Bonchev–Trinajstić information content (AvgIpc) is 2.90. The molecule has 1 aromatic rings. The van der Waals surface area contributed by atoms with Crippen LogP contribution in [-0.4, -0.2) is 30.1 Å². The van der Waals surface area contributed by atoms with E-state index in [0.29, 0.717) is 11.5 Å². The summed E-state index contributed by atoms with van der Waals surface area (Å²) < 4.78 is 0. The van der Waals surface area contributed by atoms with Crippen molar-refractivity contribution in [1.29, 1.82) is 0 Å². The number of likely N-dealkylation sites (tertiary alicyclic amines) is 1. The maximum absolute atomic E-state index is 3.53. The van der Waals surface area contributed by atoms with Gasteiger partial charge in [-0.05, 0) is 57.8 Å². The molecular formula is C16H24N2. The van der Waals surface area contributed by atoms with E-state index in [9.17, 15) is 0 Å². The molecule has 0 aromatic heterocycles. The molecule has 18 heavy (non-hydrogen) atoms. The predicted molar refractivity (Wildman–Crippen MR) is 77.2 cm³/mol. The number of hydrogen-bond acceptors (Lipinski definition) is 2. The lowest BCUT2D eigenvalue weighted by Crippen LogP contribution is -2.39. The third kappa shape index (κ3) is 2.14. The maximum atomic E-state index is 3.53. The van der Waals surface area contributed by atoms with Gasteiger partial charge in [0.2, 0.25) is 0 Å². The number of para-hydroxylation sites is 1. The molecule has 1 N–H and O–H groups in total. The average molecular weight is 244 g/mol. The number of nitrogens with one attached hydrogen (secondary N) is 1. The molecule has 0 radical (unpaired) electrons. The van der Waals surface area contributed by atoms with Crippen LogP contribution < -0.4 is 5.32 Å². The Hall–Kier alpha value is -1.02. The lowest BCUT2D eigenvalue weighted by Gasteiger charge is -2.32. The van der Waals surface area contributed by atoms with Gasteiger partial charge >= 0.3 is 0 Å². The van der Waals surface area contributed by atoms with E-state index in [1.54, 1.807) is 0 Å². The molecule has 0 spiro atoms. The minimum absolute atomic E-state index is 0.422. The highest BCUT2D eigenvalue weighted by molar-refractivity contribution is 5.57. The molecule has 3 rings (SSSR count). The topological polar surface area (TPSA) is 15.3 Å². The number of rotatable bonds is 3. The zero-order valence-electron chi connectivity index (χ0n) is 11.6. The van der Waals surface area contributed by atoms with E-state index >= 15 is 0 Å². The highest BCUT2D eigenvalue weighted by Gasteiger charge is 2.32. The largest absolute Gasteiger partial charge is 0.384 e. The molecule has 1 saturated heterocycles. The van der Waals surface area contributed by atoms with Crippen molar-refractivity contribution in [3.8, 4) is 0 Å². The second kappa shape index (κ2) is 4.58. The first-order chi connectivity index (χ1) is 8.67. The smallest absolute Gasteiger partial charge is 0.0376 e. The van der Waals surface area contributed by atoms with Crippen molar-refractivity contribution >= 4 is 5.69 Å². The summed E-state index contributed by atoms with van der Waals surface area (Å²) in [5.74, 6) is 0.706. The van der Waals surface area contributed by atoms with Crippen LogP contribution in [0.15, 0.2) is 24.3 Å². The molecule has 2 heterocycles. The van der Waals surface area contributed by atoms with Gasteiger partial charge in [-0.15, -0.1) is 0 Å². The van der Waals surface area contributed by atoms with E-state index in [2.05, 4.69) is 48.3 Å². The Kier molecular flexibility index (Phi) is 3.06. The van der Waals surface area contributed by atoms with Gasteiger partial charge in [0.25, 0.3) is 0 Å². The Bertz CT molecular complexity index is 425. The summed E-state index contributed by atoms with van der Waals surface area (Å²) in [7, 11) is 0. The maximum Gasteiger partial charge on any atom is 0.0376 e. The molecule has 1 aromatic carbocycles. The van der Waals surface area contributed by atoms with Crippen LogP contribution in [0, 0.1) is 0 Å². The first-order valence-electron chi connectivity index (χ1n) is 7.25. The molecule has 1 atom stereocenters. The van der Waals surface area contributed by atoms with Gasteiger partial charge < -0.3 is 5.32 Å². The summed E-state index contributed by atoms with van der Waals surface area (Å²) in [6, 6.07) is 8.78. The molecule has 2 aliphatic rings. The van der Waals surface area contributed by atoms with Crippen molar-refractivity contribution in [2.75, 3.05) is 25.0 Å². The second-order valence-corrected chi connectivity index (χ2v) is 6.36. The number of nitrogens with zero attached hydrogens (tertiary/aromatic N) is 1. The van der Waals surface area contributed by atoms with Crippen LogP contribution in [0.25, 0.3) is 0 Å². The molecule has 2 aliphatic heterocycles. The van der Waals surface area contributed by atoms with Crippen molar-refractivity contribution in [3.05, 3.63) is 29.8 Å². The van der Waals surface area contributed by atoms with Crippen LogP contribution in [0.4, 0.5) is 5.69 Å². The van der Waals surface area contributed by atoms with Gasteiger partial charge in [-0.1, -0.05) is 18.2 Å². The summed E-state index contributed by atoms with van der Waals surface area (Å²) in [4.78, 5) is 2.67. The standard InChI is InChI=1S/C16H24N2/c1-16(2)9-5-10-18(16)11-8-13-12-17-15-7-4-3-6-14(13)15/h3-4,6-7,13,17H,5,8-12H2,1-2H3. The molecule has 0 amide bonds. The van der Waals surface area contributed by atoms with E-state index in [1.807, 2.05) is 0 Å². The van der Waals surface area contributed by atoms with Crippen molar-refractivity contribution in [3.63, 3.8) is 0 Å². The third-order valence-corrected chi connectivity index (χ3v) is 4.76. The molecule has 0 bridgehead atoms. The number of anilines is 1. The number of benzene rings is 1. The molecule has 0 saturated carbocycles. The molecule has 98 valence electrons. The highest BCUT2D eigenvalue weighted by atomic mass is 15.2. The SMILES string of the molecule is CC1(C)CCCN1CCC1CNc2ccccc21. The van der Waals surface area contributed by atoms with E-state index in [-0.39, 0.29) is 0 Å². The molecular weight excluding hydrogens is 220 g/mol. The van der Waals surface area contributed by atoms with Crippen LogP contribution in [0.1, 0.15) is 44.6 Å². The highest BCUT2D eigenvalue weighted by Crippen LogP contribution is 2.35.